The molecule has 0 unspecified atom stereocenters. The molecule has 1 fully saturated rings. The van der Waals surface area contributed by atoms with E-state index >= 15 is 0 Å². The second-order valence-electron chi connectivity index (χ2n) is 10.2. The number of piperidine rings is 1. The predicted molar refractivity (Wildman–Crippen MR) is 146 cm³/mol. The van der Waals surface area contributed by atoms with Crippen LogP contribution in [0.1, 0.15) is 48.7 Å². The molecule has 3 aromatic rings. The smallest absolute Gasteiger partial charge is 0.226 e. The highest BCUT2D eigenvalue weighted by molar-refractivity contribution is 6.93. The number of anilines is 1. The molecule has 1 saturated heterocycles. The van der Waals surface area contributed by atoms with Gasteiger partial charge in [0.05, 0.1) is 24.5 Å². The zero-order valence-corrected chi connectivity index (χ0v) is 23.8. The van der Waals surface area contributed by atoms with E-state index in [1.54, 1.807) is 0 Å². The molecule has 5 rings (SSSR count). The first kappa shape index (κ1) is 25.8. The van der Waals surface area contributed by atoms with E-state index in [0.717, 1.165) is 49.4 Å². The van der Waals surface area contributed by atoms with Crippen LogP contribution in [0.25, 0.3) is 0 Å². The molecular weight excluding hydrogens is 495 g/mol. The van der Waals surface area contributed by atoms with E-state index in [1.807, 2.05) is 29.2 Å². The first-order valence-electron chi connectivity index (χ1n) is 13.0. The Labute approximate surface area is 224 Å². The first-order chi connectivity index (χ1) is 17.9. The lowest BCUT2D eigenvalue weighted by Gasteiger charge is -2.49. The molecule has 0 aliphatic carbocycles. The summed E-state index contributed by atoms with van der Waals surface area (Å²) in [6.07, 6.45) is 5.49. The van der Waals surface area contributed by atoms with Gasteiger partial charge < -0.3 is 15.1 Å². The van der Waals surface area contributed by atoms with Crippen molar-refractivity contribution in [2.24, 2.45) is 0 Å². The number of likely N-dealkylation sites (tertiary alicyclic amines) is 1. The molecule has 1 amide bonds. The van der Waals surface area contributed by atoms with Crippen LogP contribution in [0.3, 0.4) is 0 Å². The highest BCUT2D eigenvalue weighted by Gasteiger charge is 2.50. The molecule has 2 aromatic heterocycles. The van der Waals surface area contributed by atoms with Gasteiger partial charge in [-0.2, -0.15) is 5.10 Å². The van der Waals surface area contributed by atoms with Gasteiger partial charge in [0, 0.05) is 61.3 Å². The van der Waals surface area contributed by atoms with Gasteiger partial charge in [-0.1, -0.05) is 30.3 Å². The second kappa shape index (κ2) is 10.9. The maximum absolute atomic E-state index is 14.5. The van der Waals surface area contributed by atoms with Gasteiger partial charge >= 0.3 is 0 Å². The van der Waals surface area contributed by atoms with Crippen LogP contribution in [0, 0.1) is 0 Å². The molecule has 1 aromatic carbocycles. The molecule has 1 N–H and O–H groups in total. The number of carbonyl (C=O) groups is 1. The molecule has 3 atom stereocenters. The number of aryl methyl sites for hydroxylation is 1. The summed E-state index contributed by atoms with van der Waals surface area (Å²) in [5.41, 5.74) is 4.23. The lowest BCUT2D eigenvalue weighted by atomic mass is 9.78. The quantitative estimate of drug-likeness (QED) is 0.475. The van der Waals surface area contributed by atoms with Gasteiger partial charge in [0.2, 0.25) is 11.9 Å². The molecule has 5 radical (unpaired) electrons. The Morgan fingerprint density at radius 1 is 1.27 bits per heavy atom. The molecule has 2 aliphatic rings. The SMILES string of the molecule is CCn1ccc(CNc2ncc3c(n2)CN(C(=O)[C@]2([Si][Si])CCN(C)C[C@@H]2c2ccccc2)[C@H](C)C3)n1. The molecule has 10 heteroatoms. The third-order valence-electron chi connectivity index (χ3n) is 7.81. The number of hydrogen-bond acceptors (Lipinski definition) is 6. The zero-order chi connectivity index (χ0) is 26.0. The molecule has 37 heavy (non-hydrogen) atoms. The third kappa shape index (κ3) is 5.14. The monoisotopic (exact) mass is 528 g/mol. The average molecular weight is 529 g/mol. The van der Waals surface area contributed by atoms with Gasteiger partial charge in [0.15, 0.2) is 0 Å². The van der Waals surface area contributed by atoms with Crippen molar-refractivity contribution in [3.8, 4) is 0 Å². The molecule has 8 nitrogen and oxygen atoms in total. The lowest BCUT2D eigenvalue weighted by molar-refractivity contribution is -0.140. The molecule has 0 saturated carbocycles. The van der Waals surface area contributed by atoms with E-state index in [2.05, 4.69) is 80.1 Å². The van der Waals surface area contributed by atoms with Crippen molar-refractivity contribution in [3.05, 3.63) is 71.3 Å². The van der Waals surface area contributed by atoms with Crippen LogP contribution in [-0.2, 0) is 30.8 Å². The largest absolute Gasteiger partial charge is 0.348 e. The molecule has 191 valence electrons. The van der Waals surface area contributed by atoms with Gasteiger partial charge in [0.25, 0.3) is 0 Å². The van der Waals surface area contributed by atoms with Gasteiger partial charge in [-0.15, -0.1) is 0 Å². The minimum atomic E-state index is -0.470. The summed E-state index contributed by atoms with van der Waals surface area (Å²) in [6, 6.07) is 12.6. The fourth-order valence-corrected chi connectivity index (χ4v) is 7.72. The summed E-state index contributed by atoms with van der Waals surface area (Å²) < 4.78 is 1.90. The van der Waals surface area contributed by atoms with E-state index in [1.165, 1.54) is 5.56 Å². The first-order valence-corrected chi connectivity index (χ1v) is 15.5. The van der Waals surface area contributed by atoms with E-state index in [-0.39, 0.29) is 17.9 Å². The van der Waals surface area contributed by atoms with Gasteiger partial charge in [-0.25, -0.2) is 9.97 Å². The van der Waals surface area contributed by atoms with Crippen LogP contribution >= 0.6 is 0 Å². The Bertz CT molecular complexity index is 1240. The summed E-state index contributed by atoms with van der Waals surface area (Å²) >= 11 is 0. The summed E-state index contributed by atoms with van der Waals surface area (Å²) in [5, 5.41) is 7.36. The zero-order valence-electron chi connectivity index (χ0n) is 21.8. The number of nitrogens with zero attached hydrogens (tertiary/aromatic N) is 6. The molecule has 0 bridgehead atoms. The molecular formula is C27H34N7OSi2. The number of rotatable bonds is 7. The second-order valence-corrected chi connectivity index (χ2v) is 12.1. The number of amides is 1. The van der Waals surface area contributed by atoms with Crippen molar-refractivity contribution < 1.29 is 4.79 Å². The normalized spacial score (nSPS) is 24.1. The molecule has 2 aliphatic heterocycles. The van der Waals surface area contributed by atoms with Crippen molar-refractivity contribution in [1.82, 2.24) is 29.5 Å². The van der Waals surface area contributed by atoms with Gasteiger partial charge in [0.1, 0.15) is 0 Å². The molecule has 0 spiro atoms. The minimum absolute atomic E-state index is 0.0939. The van der Waals surface area contributed by atoms with Crippen molar-refractivity contribution in [2.45, 2.75) is 63.3 Å². The number of hydrogen-bond donors (Lipinski definition) is 1. The average Bonchev–Trinajstić information content (AvgIpc) is 3.40. The lowest BCUT2D eigenvalue weighted by Crippen LogP contribution is -2.55. The molecule has 4 heterocycles. The van der Waals surface area contributed by atoms with E-state index < -0.39 is 5.04 Å². The number of likely N-dealkylation sites (N-methyl/N-ethyl adjacent to an activating group) is 1. The minimum Gasteiger partial charge on any atom is -0.348 e. The Morgan fingerprint density at radius 3 is 2.81 bits per heavy atom. The topological polar surface area (TPSA) is 79.2 Å². The van der Waals surface area contributed by atoms with Crippen LogP contribution in [0.15, 0.2) is 48.8 Å². The summed E-state index contributed by atoms with van der Waals surface area (Å²) in [4.78, 5) is 28.3. The number of fused-ring (bicyclic) bond motifs is 1. The van der Waals surface area contributed by atoms with Gasteiger partial charge in [-0.3, -0.25) is 9.48 Å². The van der Waals surface area contributed by atoms with Crippen molar-refractivity contribution >= 4 is 30.7 Å². The maximum Gasteiger partial charge on any atom is 0.226 e. The summed E-state index contributed by atoms with van der Waals surface area (Å²) in [7, 11) is 6.37. The fraction of sp³-hybridized carbons (Fsp3) is 0.481. The summed E-state index contributed by atoms with van der Waals surface area (Å²) in [5.74, 6) is 0.944. The van der Waals surface area contributed by atoms with Crippen LogP contribution in [0.4, 0.5) is 5.95 Å². The van der Waals surface area contributed by atoms with Crippen LogP contribution in [0.2, 0.25) is 5.04 Å². The van der Waals surface area contributed by atoms with E-state index in [4.69, 9.17) is 4.98 Å². The number of carbonyl (C=O) groups excluding carboxylic acids is 1. The Kier molecular flexibility index (Phi) is 7.59. The van der Waals surface area contributed by atoms with Gasteiger partial charge in [-0.05, 0) is 57.5 Å². The standard InChI is InChI=1S/C27H34N7OSi2/c1-4-33-12-10-22(31-33)16-29-26-28-15-21-14-19(2)34(18-24(21)30-26)25(35)27(37-36)11-13-32(3)17-23(27)20-8-6-5-7-9-20/h5-10,12,15,19,23H,4,11,13-14,16-18H2,1-3H3,(H,28,29,30)/t19-,23-,27+/m1/s1. The van der Waals surface area contributed by atoms with Crippen molar-refractivity contribution in [3.63, 3.8) is 0 Å². The number of nitrogens with one attached hydrogen (secondary N) is 1. The third-order valence-corrected chi connectivity index (χ3v) is 10.4. The van der Waals surface area contributed by atoms with Crippen LogP contribution in [-0.4, -0.2) is 80.4 Å². The summed E-state index contributed by atoms with van der Waals surface area (Å²) in [6.45, 7) is 7.91. The fourth-order valence-electron chi connectivity index (χ4n) is 5.59. The maximum atomic E-state index is 14.5. The van der Waals surface area contributed by atoms with Crippen molar-refractivity contribution in [2.75, 3.05) is 25.5 Å². The van der Waals surface area contributed by atoms with Crippen LogP contribution in [0.5, 0.6) is 0 Å². The predicted octanol–water partition coefficient (Wildman–Crippen LogP) is 2.64. The van der Waals surface area contributed by atoms with Crippen molar-refractivity contribution in [1.29, 1.82) is 0 Å². The Balaban J connectivity index is 1.38. The Morgan fingerprint density at radius 2 is 2.08 bits per heavy atom. The van der Waals surface area contributed by atoms with E-state index in [0.29, 0.717) is 28.1 Å². The number of aromatic nitrogens is 4. The highest BCUT2D eigenvalue weighted by atomic mass is 29.1. The number of benzene rings is 1. The highest BCUT2D eigenvalue weighted by Crippen LogP contribution is 2.50. The Hall–Kier alpha value is -2.83. The van der Waals surface area contributed by atoms with Crippen LogP contribution < -0.4 is 5.32 Å². The van der Waals surface area contributed by atoms with E-state index in [9.17, 15) is 4.79 Å².